The van der Waals surface area contributed by atoms with Gasteiger partial charge in [0, 0.05) is 10.7 Å². The van der Waals surface area contributed by atoms with Gasteiger partial charge in [-0.15, -0.1) is 0 Å². The monoisotopic (exact) mass is 509 g/mol. The minimum absolute atomic E-state index is 0.0277. The molecule has 1 fully saturated rings. The number of furan rings is 1. The Hall–Kier alpha value is -4.57. The number of ether oxygens (including phenoxy) is 2. The van der Waals surface area contributed by atoms with Crippen molar-refractivity contribution in [3.05, 3.63) is 88.5 Å². The third-order valence-corrected chi connectivity index (χ3v) is 5.27. The third kappa shape index (κ3) is 5.91. The number of nitrogens with zero attached hydrogens (tertiary/aromatic N) is 1. The number of carbonyl (C=O) groups excluding carboxylic acids is 4. The van der Waals surface area contributed by atoms with E-state index in [9.17, 15) is 19.2 Å². The number of imide groups is 1. The Morgan fingerprint density at radius 3 is 2.47 bits per heavy atom. The van der Waals surface area contributed by atoms with Crippen molar-refractivity contribution in [3.63, 3.8) is 0 Å². The van der Waals surface area contributed by atoms with Crippen molar-refractivity contribution in [2.75, 3.05) is 19.0 Å². The summed E-state index contributed by atoms with van der Waals surface area (Å²) in [6.07, 6.45) is 1.51. The topological polar surface area (TPSA) is 127 Å². The molecule has 0 atom stereocenters. The van der Waals surface area contributed by atoms with Crippen LogP contribution in [0.4, 0.5) is 10.5 Å². The van der Waals surface area contributed by atoms with Crippen molar-refractivity contribution in [3.8, 4) is 5.75 Å². The second-order valence-corrected chi connectivity index (χ2v) is 7.99. The van der Waals surface area contributed by atoms with E-state index in [2.05, 4.69) is 15.4 Å². The summed E-state index contributed by atoms with van der Waals surface area (Å²) in [5, 5.41) is 5.78. The normalized spacial score (nSPS) is 14.1. The molecule has 0 bridgehead atoms. The lowest BCUT2D eigenvalue weighted by molar-refractivity contribution is -0.123. The lowest BCUT2D eigenvalue weighted by Gasteiger charge is -2.09. The molecule has 10 nitrogen and oxygen atoms in total. The highest BCUT2D eigenvalue weighted by molar-refractivity contribution is 6.30. The van der Waals surface area contributed by atoms with E-state index < -0.39 is 17.9 Å². The fourth-order valence-electron chi connectivity index (χ4n) is 3.25. The Balaban J connectivity index is 1.33. The number of rotatable bonds is 8. The molecule has 1 aliphatic heterocycles. The van der Waals surface area contributed by atoms with Crippen molar-refractivity contribution >= 4 is 47.2 Å². The van der Waals surface area contributed by atoms with Crippen molar-refractivity contribution in [1.29, 1.82) is 0 Å². The summed E-state index contributed by atoms with van der Waals surface area (Å²) in [6.45, 7) is -0.346. The second kappa shape index (κ2) is 10.8. The highest BCUT2D eigenvalue weighted by Gasteiger charge is 2.34. The van der Waals surface area contributed by atoms with E-state index in [1.165, 1.54) is 25.3 Å². The molecule has 2 heterocycles. The van der Waals surface area contributed by atoms with Crippen LogP contribution in [0.15, 0.2) is 70.8 Å². The fraction of sp³-hybridized carbons (Fsp3) is 0.120. The molecule has 4 amide bonds. The average molecular weight is 510 g/mol. The predicted octanol–water partition coefficient (Wildman–Crippen LogP) is 3.83. The van der Waals surface area contributed by atoms with Gasteiger partial charge in [-0.25, -0.2) is 9.59 Å². The summed E-state index contributed by atoms with van der Waals surface area (Å²) < 4.78 is 15.4. The lowest BCUT2D eigenvalue weighted by atomic mass is 10.2. The number of halogens is 1. The van der Waals surface area contributed by atoms with E-state index in [0.717, 1.165) is 4.90 Å². The minimum Gasteiger partial charge on any atom is -0.484 e. The summed E-state index contributed by atoms with van der Waals surface area (Å²) in [5.74, 6) is -0.866. The number of hydrogen-bond donors (Lipinski definition) is 2. The van der Waals surface area contributed by atoms with Gasteiger partial charge >= 0.3 is 12.0 Å². The molecule has 1 saturated heterocycles. The maximum absolute atomic E-state index is 12.7. The highest BCUT2D eigenvalue weighted by atomic mass is 35.5. The zero-order valence-corrected chi connectivity index (χ0v) is 19.7. The Bertz CT molecular complexity index is 1330. The Morgan fingerprint density at radius 1 is 1.06 bits per heavy atom. The van der Waals surface area contributed by atoms with Gasteiger partial charge in [-0.05, 0) is 60.2 Å². The molecule has 0 spiro atoms. The van der Waals surface area contributed by atoms with E-state index >= 15 is 0 Å². The molecule has 2 N–H and O–H groups in total. The first-order valence-corrected chi connectivity index (χ1v) is 11.0. The molecule has 1 aromatic heterocycles. The van der Waals surface area contributed by atoms with Crippen LogP contribution < -0.4 is 15.4 Å². The Labute approximate surface area is 210 Å². The molecule has 0 saturated carbocycles. The summed E-state index contributed by atoms with van der Waals surface area (Å²) >= 11 is 5.82. The number of urea groups is 1. The molecule has 184 valence electrons. The third-order valence-electron chi connectivity index (χ3n) is 5.01. The molecule has 1 aliphatic rings. The summed E-state index contributed by atoms with van der Waals surface area (Å²) in [4.78, 5) is 49.5. The van der Waals surface area contributed by atoms with Crippen LogP contribution in [0.3, 0.4) is 0 Å². The van der Waals surface area contributed by atoms with Crippen LogP contribution in [0.2, 0.25) is 5.02 Å². The number of methoxy groups -OCH3 is 1. The summed E-state index contributed by atoms with van der Waals surface area (Å²) in [6, 6.07) is 15.6. The van der Waals surface area contributed by atoms with E-state index in [1.54, 1.807) is 48.5 Å². The number of hydrogen-bond acceptors (Lipinski definition) is 7. The maximum Gasteiger partial charge on any atom is 0.373 e. The zero-order chi connectivity index (χ0) is 25.7. The van der Waals surface area contributed by atoms with Gasteiger partial charge in [0.15, 0.2) is 6.61 Å². The molecule has 4 rings (SSSR count). The van der Waals surface area contributed by atoms with Crippen LogP contribution in [0.5, 0.6) is 5.75 Å². The van der Waals surface area contributed by atoms with Crippen LogP contribution in [-0.4, -0.2) is 42.4 Å². The first-order valence-electron chi connectivity index (χ1n) is 10.6. The fourth-order valence-corrected chi connectivity index (χ4v) is 3.38. The second-order valence-electron chi connectivity index (χ2n) is 7.55. The number of anilines is 1. The molecule has 0 aliphatic carbocycles. The maximum atomic E-state index is 12.7. The van der Waals surface area contributed by atoms with Crippen molar-refractivity contribution < 1.29 is 33.1 Å². The van der Waals surface area contributed by atoms with Gasteiger partial charge in [0.05, 0.1) is 13.7 Å². The van der Waals surface area contributed by atoms with Crippen molar-refractivity contribution in [1.82, 2.24) is 10.2 Å². The summed E-state index contributed by atoms with van der Waals surface area (Å²) in [7, 11) is 1.22. The van der Waals surface area contributed by atoms with Gasteiger partial charge in [0.2, 0.25) is 5.76 Å². The first kappa shape index (κ1) is 24.6. The smallest absolute Gasteiger partial charge is 0.373 e. The molecule has 0 unspecified atom stereocenters. The molecule has 11 heteroatoms. The first-order chi connectivity index (χ1) is 17.3. The predicted molar refractivity (Wildman–Crippen MR) is 129 cm³/mol. The van der Waals surface area contributed by atoms with Crippen LogP contribution in [0.1, 0.15) is 21.9 Å². The van der Waals surface area contributed by atoms with E-state index in [-0.39, 0.29) is 36.3 Å². The van der Waals surface area contributed by atoms with Crippen LogP contribution in [0.25, 0.3) is 6.08 Å². The van der Waals surface area contributed by atoms with Gasteiger partial charge in [-0.2, -0.15) is 0 Å². The quantitative estimate of drug-likeness (QED) is 0.268. The number of benzene rings is 2. The van der Waals surface area contributed by atoms with Gasteiger partial charge in [0.25, 0.3) is 11.8 Å². The largest absolute Gasteiger partial charge is 0.484 e. The molecular weight excluding hydrogens is 490 g/mol. The van der Waals surface area contributed by atoms with Gasteiger partial charge in [0.1, 0.15) is 17.2 Å². The summed E-state index contributed by atoms with van der Waals surface area (Å²) in [5.41, 5.74) is 1.31. The van der Waals surface area contributed by atoms with Gasteiger partial charge < -0.3 is 24.5 Å². The lowest BCUT2D eigenvalue weighted by Crippen LogP contribution is -2.30. The molecule has 2 aromatic carbocycles. The highest BCUT2D eigenvalue weighted by Crippen LogP contribution is 2.20. The average Bonchev–Trinajstić information content (AvgIpc) is 3.45. The molecule has 0 radical (unpaired) electrons. The number of carbonyl (C=O) groups is 4. The Morgan fingerprint density at radius 2 is 1.78 bits per heavy atom. The van der Waals surface area contributed by atoms with Gasteiger partial charge in [-0.3, -0.25) is 14.5 Å². The number of amides is 4. The van der Waals surface area contributed by atoms with Crippen LogP contribution in [-0.2, 0) is 20.9 Å². The van der Waals surface area contributed by atoms with E-state index in [4.69, 9.17) is 20.8 Å². The Kier molecular flexibility index (Phi) is 7.36. The van der Waals surface area contributed by atoms with Crippen LogP contribution in [0, 0.1) is 0 Å². The SMILES string of the molecule is COC(=O)c1ccc(CN2C(=O)N/C(=C\c3ccc(OCC(=O)Nc4ccc(Cl)cc4)cc3)C2=O)o1. The van der Waals surface area contributed by atoms with E-state index in [1.807, 2.05) is 0 Å². The zero-order valence-electron chi connectivity index (χ0n) is 18.9. The molecule has 3 aromatic rings. The van der Waals surface area contributed by atoms with Crippen molar-refractivity contribution in [2.45, 2.75) is 6.54 Å². The van der Waals surface area contributed by atoms with Crippen LogP contribution >= 0.6 is 11.6 Å². The van der Waals surface area contributed by atoms with E-state index in [0.29, 0.717) is 22.0 Å². The standard InChI is InChI=1S/C25H20ClN3O7/c1-34-24(32)21-11-10-19(36-21)13-29-23(31)20(28-25(29)33)12-15-2-8-18(9-3-15)35-14-22(30)27-17-6-4-16(26)5-7-17/h2-12H,13-14H2,1H3,(H,27,30)(H,28,33)/b20-12-. The molecule has 36 heavy (non-hydrogen) atoms. The van der Waals surface area contributed by atoms with Gasteiger partial charge in [-0.1, -0.05) is 23.7 Å². The van der Waals surface area contributed by atoms with Crippen molar-refractivity contribution in [2.24, 2.45) is 0 Å². The number of esters is 1. The number of nitrogens with one attached hydrogen (secondary N) is 2. The molecular formula is C25H20ClN3O7. The minimum atomic E-state index is -0.659.